The summed E-state index contributed by atoms with van der Waals surface area (Å²) in [4.78, 5) is 35.7. The summed E-state index contributed by atoms with van der Waals surface area (Å²) in [5.41, 5.74) is -0.252. The van der Waals surface area contributed by atoms with Gasteiger partial charge in [0.25, 0.3) is 0 Å². The monoisotopic (exact) mass is 550 g/mol. The van der Waals surface area contributed by atoms with Gasteiger partial charge in [0.15, 0.2) is 0 Å². The van der Waals surface area contributed by atoms with Gasteiger partial charge in [-0.1, -0.05) is 20.8 Å². The molecule has 4 aliphatic rings. The molecular formula is C30H50N2O7. The molecule has 11 atom stereocenters. The van der Waals surface area contributed by atoms with Crippen molar-refractivity contribution in [2.24, 2.45) is 46.3 Å². The number of nitrogens with one attached hydrogen (secondary N) is 2. The van der Waals surface area contributed by atoms with Gasteiger partial charge in [0.1, 0.15) is 6.54 Å². The van der Waals surface area contributed by atoms with Gasteiger partial charge in [-0.05, 0) is 105 Å². The molecule has 222 valence electrons. The van der Waals surface area contributed by atoms with Gasteiger partial charge in [0, 0.05) is 6.42 Å². The Labute approximate surface area is 232 Å². The molecule has 2 amide bonds. The lowest BCUT2D eigenvalue weighted by Gasteiger charge is -2.63. The van der Waals surface area contributed by atoms with Crippen LogP contribution in [0.2, 0.25) is 0 Å². The third-order valence-corrected chi connectivity index (χ3v) is 11.5. The predicted octanol–water partition coefficient (Wildman–Crippen LogP) is 2.16. The van der Waals surface area contributed by atoms with Crippen molar-refractivity contribution in [3.05, 3.63) is 0 Å². The van der Waals surface area contributed by atoms with Crippen molar-refractivity contribution >= 4 is 17.8 Å². The molecule has 11 unspecified atom stereocenters. The van der Waals surface area contributed by atoms with Crippen molar-refractivity contribution in [1.82, 2.24) is 10.6 Å². The van der Waals surface area contributed by atoms with E-state index >= 15 is 0 Å². The first-order valence-corrected chi connectivity index (χ1v) is 15.1. The Balaban J connectivity index is 1.33. The molecule has 4 fully saturated rings. The summed E-state index contributed by atoms with van der Waals surface area (Å²) in [7, 11) is 0. The quantitative estimate of drug-likeness (QED) is 0.277. The summed E-state index contributed by atoms with van der Waals surface area (Å²) in [6.07, 6.45) is 5.73. The van der Waals surface area contributed by atoms with E-state index < -0.39 is 24.1 Å². The topological polar surface area (TPSA) is 145 Å². The van der Waals surface area contributed by atoms with Crippen LogP contribution in [0.15, 0.2) is 0 Å². The number of carbonyl (C=O) groups is 3. The number of ether oxygens (including phenoxy) is 1. The minimum Gasteiger partial charge on any atom is -0.465 e. The first-order chi connectivity index (χ1) is 18.4. The fourth-order valence-corrected chi connectivity index (χ4v) is 9.40. The molecular weight excluding hydrogens is 500 g/mol. The van der Waals surface area contributed by atoms with Gasteiger partial charge >= 0.3 is 5.97 Å². The Kier molecular flexibility index (Phi) is 9.33. The van der Waals surface area contributed by atoms with Crippen LogP contribution in [0.25, 0.3) is 0 Å². The second kappa shape index (κ2) is 12.0. The minimum atomic E-state index is -0.516. The maximum atomic E-state index is 12.5. The summed E-state index contributed by atoms with van der Waals surface area (Å²) in [5.74, 6) is 0.283. The van der Waals surface area contributed by atoms with Gasteiger partial charge in [-0.2, -0.15) is 0 Å². The second-order valence-electron chi connectivity index (χ2n) is 13.4. The number of hydrogen-bond acceptors (Lipinski definition) is 7. The van der Waals surface area contributed by atoms with E-state index in [1.54, 1.807) is 6.92 Å². The predicted molar refractivity (Wildman–Crippen MR) is 145 cm³/mol. The number of rotatable bonds is 9. The zero-order chi connectivity index (χ0) is 28.5. The molecule has 0 aromatic rings. The third-order valence-electron chi connectivity index (χ3n) is 11.5. The van der Waals surface area contributed by atoms with E-state index in [4.69, 9.17) is 4.74 Å². The lowest BCUT2D eigenvalue weighted by molar-refractivity contribution is -0.207. The van der Waals surface area contributed by atoms with Crippen LogP contribution in [0, 0.1) is 46.3 Å². The van der Waals surface area contributed by atoms with Crippen molar-refractivity contribution in [3.8, 4) is 0 Å². The number of aliphatic hydroxyl groups is 3. The lowest BCUT2D eigenvalue weighted by Crippen LogP contribution is -2.62. The van der Waals surface area contributed by atoms with Crippen LogP contribution in [-0.2, 0) is 19.1 Å². The molecule has 9 nitrogen and oxygen atoms in total. The van der Waals surface area contributed by atoms with Crippen LogP contribution < -0.4 is 10.6 Å². The summed E-state index contributed by atoms with van der Waals surface area (Å²) >= 11 is 0. The van der Waals surface area contributed by atoms with E-state index in [0.717, 1.165) is 38.5 Å². The highest BCUT2D eigenvalue weighted by Crippen LogP contribution is 2.68. The van der Waals surface area contributed by atoms with Crippen molar-refractivity contribution in [2.75, 3.05) is 19.7 Å². The fourth-order valence-electron chi connectivity index (χ4n) is 9.40. The number of fused-ring (bicyclic) bond motifs is 5. The van der Waals surface area contributed by atoms with E-state index in [0.29, 0.717) is 18.8 Å². The maximum absolute atomic E-state index is 12.5. The number of carbonyl (C=O) groups excluding carboxylic acids is 3. The number of amides is 2. The third kappa shape index (κ3) is 5.87. The average molecular weight is 551 g/mol. The molecule has 0 radical (unpaired) electrons. The Morgan fingerprint density at radius 2 is 1.67 bits per heavy atom. The molecule has 0 aliphatic heterocycles. The zero-order valence-corrected chi connectivity index (χ0v) is 24.2. The maximum Gasteiger partial charge on any atom is 0.325 e. The lowest BCUT2D eigenvalue weighted by atomic mass is 9.43. The number of aliphatic hydroxyl groups excluding tert-OH is 3. The van der Waals surface area contributed by atoms with E-state index in [1.165, 1.54) is 0 Å². The summed E-state index contributed by atoms with van der Waals surface area (Å²) < 4.78 is 4.77. The van der Waals surface area contributed by atoms with E-state index in [9.17, 15) is 29.7 Å². The van der Waals surface area contributed by atoms with Crippen molar-refractivity contribution < 1.29 is 34.4 Å². The largest absolute Gasteiger partial charge is 0.465 e. The molecule has 0 aromatic carbocycles. The highest BCUT2D eigenvalue weighted by molar-refractivity contribution is 5.86. The van der Waals surface area contributed by atoms with Crippen LogP contribution in [0.1, 0.15) is 85.5 Å². The summed E-state index contributed by atoms with van der Waals surface area (Å²) in [6, 6.07) is 0. The van der Waals surface area contributed by atoms with Crippen molar-refractivity contribution in [3.63, 3.8) is 0 Å². The highest BCUT2D eigenvalue weighted by Gasteiger charge is 2.65. The van der Waals surface area contributed by atoms with Crippen LogP contribution >= 0.6 is 0 Å². The highest BCUT2D eigenvalue weighted by atomic mass is 16.5. The van der Waals surface area contributed by atoms with Crippen LogP contribution in [-0.4, -0.2) is 71.1 Å². The first-order valence-electron chi connectivity index (χ1n) is 15.1. The SMILES string of the molecule is CCOC(=O)CNC(=O)CNC(=O)CCC(C)C1CCC2C3C(O)CC4CC(O)CCC4(C)C3CC(O)C12C. The summed E-state index contributed by atoms with van der Waals surface area (Å²) in [6.45, 7) is 8.24. The Morgan fingerprint density at radius 1 is 0.949 bits per heavy atom. The van der Waals surface area contributed by atoms with E-state index in [-0.39, 0.29) is 78.5 Å². The molecule has 0 spiro atoms. The summed E-state index contributed by atoms with van der Waals surface area (Å²) in [5, 5.41) is 38.5. The second-order valence-corrected chi connectivity index (χ2v) is 13.4. The number of hydrogen-bond donors (Lipinski definition) is 5. The van der Waals surface area contributed by atoms with Crippen LogP contribution in [0.4, 0.5) is 0 Å². The zero-order valence-electron chi connectivity index (χ0n) is 24.2. The Morgan fingerprint density at radius 3 is 2.38 bits per heavy atom. The van der Waals surface area contributed by atoms with Crippen molar-refractivity contribution in [1.29, 1.82) is 0 Å². The molecule has 4 aliphatic carbocycles. The van der Waals surface area contributed by atoms with E-state index in [1.807, 2.05) is 0 Å². The molecule has 9 heteroatoms. The van der Waals surface area contributed by atoms with Crippen LogP contribution in [0.5, 0.6) is 0 Å². The van der Waals surface area contributed by atoms with Gasteiger partial charge in [-0.25, -0.2) is 0 Å². The fraction of sp³-hybridized carbons (Fsp3) is 0.900. The van der Waals surface area contributed by atoms with Gasteiger partial charge in [-0.15, -0.1) is 0 Å². The van der Waals surface area contributed by atoms with Gasteiger partial charge in [0.2, 0.25) is 11.8 Å². The Bertz CT molecular complexity index is 914. The normalized spacial score (nSPS) is 41.9. The average Bonchev–Trinajstić information content (AvgIpc) is 3.25. The van der Waals surface area contributed by atoms with Crippen LogP contribution in [0.3, 0.4) is 0 Å². The van der Waals surface area contributed by atoms with E-state index in [2.05, 4.69) is 31.4 Å². The molecule has 5 N–H and O–H groups in total. The van der Waals surface area contributed by atoms with Gasteiger partial charge < -0.3 is 30.7 Å². The standard InChI is InChI=1S/C30H50N2O7/c1-5-39-27(38)16-32-26(37)15-31-25(36)9-6-17(2)20-7-8-21-28-22(14-24(35)30(20,21)4)29(3)11-10-19(33)12-18(29)13-23(28)34/h17-24,28,33-35H,5-16H2,1-4H3,(H,31,36)(H,32,37). The number of esters is 1. The molecule has 4 saturated carbocycles. The minimum absolute atomic E-state index is 0.0514. The molecule has 4 rings (SSSR count). The molecule has 39 heavy (non-hydrogen) atoms. The molecule has 0 aromatic heterocycles. The smallest absolute Gasteiger partial charge is 0.325 e. The Hall–Kier alpha value is -1.71. The molecule has 0 saturated heterocycles. The molecule has 0 heterocycles. The van der Waals surface area contributed by atoms with Crippen molar-refractivity contribution in [2.45, 2.75) is 104 Å². The van der Waals surface area contributed by atoms with Gasteiger partial charge in [-0.3, -0.25) is 14.4 Å². The first kappa shape index (κ1) is 30.3. The molecule has 0 bridgehead atoms. The van der Waals surface area contributed by atoms with Gasteiger partial charge in [0.05, 0.1) is 31.5 Å².